The zero-order chi connectivity index (χ0) is 34.3. The number of fused-ring (bicyclic) bond motifs is 1. The van der Waals surface area contributed by atoms with Crippen LogP contribution in [0, 0.1) is 5.82 Å². The summed E-state index contributed by atoms with van der Waals surface area (Å²) >= 11 is 0. The Labute approximate surface area is 292 Å². The van der Waals surface area contributed by atoms with Gasteiger partial charge in [0.1, 0.15) is 28.6 Å². The molecule has 0 unspecified atom stereocenters. The van der Waals surface area contributed by atoms with Crippen molar-refractivity contribution in [3.8, 4) is 22.8 Å². The zero-order valence-corrected chi connectivity index (χ0v) is 28.5. The Morgan fingerprint density at radius 2 is 1.66 bits per heavy atom. The van der Waals surface area contributed by atoms with E-state index in [-0.39, 0.29) is 29.4 Å². The van der Waals surface area contributed by atoms with Crippen LogP contribution in [0.3, 0.4) is 0 Å². The molecule has 0 bridgehead atoms. The summed E-state index contributed by atoms with van der Waals surface area (Å²) in [5, 5.41) is 9.57. The van der Waals surface area contributed by atoms with Gasteiger partial charge in [0, 0.05) is 57.4 Å². The Morgan fingerprint density at radius 1 is 0.900 bits per heavy atom. The summed E-state index contributed by atoms with van der Waals surface area (Å²) in [5.74, 6) is 0.330. The Hall–Kier alpha value is -4.61. The fourth-order valence-corrected chi connectivity index (χ4v) is 7.25. The molecule has 0 atom stereocenters. The lowest BCUT2D eigenvalue weighted by molar-refractivity contribution is 0.0887. The predicted octanol–water partition coefficient (Wildman–Crippen LogP) is 5.52. The van der Waals surface area contributed by atoms with Crippen LogP contribution in [0.5, 0.6) is 11.6 Å². The minimum absolute atomic E-state index is 0.00925. The van der Waals surface area contributed by atoms with E-state index in [4.69, 9.17) is 4.74 Å². The largest absolute Gasteiger partial charge is 0.438 e. The third-order valence-electron chi connectivity index (χ3n) is 10.1. The number of hydrogen-bond donors (Lipinski definition) is 3. The van der Waals surface area contributed by atoms with E-state index in [0.29, 0.717) is 24.3 Å². The van der Waals surface area contributed by atoms with E-state index in [1.807, 2.05) is 24.4 Å². The molecule has 0 radical (unpaired) electrons. The Bertz CT molecular complexity index is 1760. The van der Waals surface area contributed by atoms with Crippen LogP contribution in [-0.2, 0) is 19.4 Å². The van der Waals surface area contributed by atoms with Gasteiger partial charge < -0.3 is 30.2 Å². The first-order valence-electron chi connectivity index (χ1n) is 18.1. The number of halogens is 1. The SMILES string of the molecule is O=C(N[C@H]1CC[C@@H](NC(=O)c2cc(F)cnc2Oc2cccc(-c3ccc(CCCN4CCNCC4)cc3)c2)CC1)c1cn2c(n1)CCCC2. The topological polar surface area (TPSA) is 113 Å². The maximum atomic E-state index is 14.4. The number of imidazole rings is 1. The maximum Gasteiger partial charge on any atom is 0.271 e. The summed E-state index contributed by atoms with van der Waals surface area (Å²) in [6.45, 7) is 6.42. The number of rotatable bonds is 11. The smallest absolute Gasteiger partial charge is 0.271 e. The summed E-state index contributed by atoms with van der Waals surface area (Å²) in [7, 11) is 0. The molecule has 262 valence electrons. The van der Waals surface area contributed by atoms with Crippen molar-refractivity contribution < 1.29 is 18.7 Å². The van der Waals surface area contributed by atoms with Crippen molar-refractivity contribution in [2.45, 2.75) is 76.4 Å². The highest BCUT2D eigenvalue weighted by molar-refractivity contribution is 5.96. The van der Waals surface area contributed by atoms with Crippen molar-refractivity contribution >= 4 is 11.8 Å². The average Bonchev–Trinajstić information content (AvgIpc) is 3.59. The average molecular weight is 680 g/mol. The number of hydrogen-bond acceptors (Lipinski definition) is 7. The van der Waals surface area contributed by atoms with Crippen molar-refractivity contribution in [1.29, 1.82) is 0 Å². The molecular formula is C39H46FN7O3. The number of carbonyl (C=O) groups excluding carboxylic acids is 2. The van der Waals surface area contributed by atoms with Crippen LogP contribution < -0.4 is 20.7 Å². The van der Waals surface area contributed by atoms with Crippen molar-refractivity contribution in [2.24, 2.45) is 0 Å². The summed E-state index contributed by atoms with van der Waals surface area (Å²) < 4.78 is 22.5. The van der Waals surface area contributed by atoms with Crippen molar-refractivity contribution in [2.75, 3.05) is 32.7 Å². The second-order valence-corrected chi connectivity index (χ2v) is 13.7. The monoisotopic (exact) mass is 679 g/mol. The van der Waals surface area contributed by atoms with Crippen LogP contribution in [0.1, 0.15) is 77.2 Å². The lowest BCUT2D eigenvalue weighted by Gasteiger charge is -2.29. The first kappa shape index (κ1) is 33.9. The second-order valence-electron chi connectivity index (χ2n) is 13.7. The lowest BCUT2D eigenvalue weighted by Crippen LogP contribution is -2.44. The summed E-state index contributed by atoms with van der Waals surface area (Å²) in [6, 6.07) is 17.3. The number of ether oxygens (including phenoxy) is 1. The standard InChI is InChI=1S/C39H46FN7O3/c40-30-24-34(37(48)43-31-13-15-32(16-14-31)44-38(49)35-26-47-20-2-1-8-36(47)45-35)39(42-25-30)50-33-7-3-6-29(23-33)28-11-9-27(10-12-28)5-4-19-46-21-17-41-18-22-46/h3,6-7,9-12,23-26,31-32,41H,1-2,4-5,8,13-22H2,(H,43,48)(H,44,49)/t31-,32+. The molecule has 2 amide bonds. The van der Waals surface area contributed by atoms with Gasteiger partial charge in [-0.3, -0.25) is 9.59 Å². The summed E-state index contributed by atoms with van der Waals surface area (Å²) in [6.07, 6.45) is 11.0. The molecule has 2 fully saturated rings. The van der Waals surface area contributed by atoms with E-state index < -0.39 is 11.7 Å². The zero-order valence-electron chi connectivity index (χ0n) is 28.5. The number of benzene rings is 2. The van der Waals surface area contributed by atoms with Gasteiger partial charge in [0.2, 0.25) is 5.88 Å². The predicted molar refractivity (Wildman–Crippen MR) is 190 cm³/mol. The first-order valence-corrected chi connectivity index (χ1v) is 18.1. The number of aromatic nitrogens is 3. The van der Waals surface area contributed by atoms with Gasteiger partial charge in [-0.15, -0.1) is 0 Å². The molecule has 2 aromatic heterocycles. The van der Waals surface area contributed by atoms with Gasteiger partial charge in [-0.1, -0.05) is 36.4 Å². The molecule has 3 aliphatic rings. The lowest BCUT2D eigenvalue weighted by atomic mass is 9.91. The van der Waals surface area contributed by atoms with Crippen LogP contribution in [0.15, 0.2) is 67.0 Å². The third kappa shape index (κ3) is 8.57. The highest BCUT2D eigenvalue weighted by atomic mass is 19.1. The van der Waals surface area contributed by atoms with Crippen LogP contribution in [0.25, 0.3) is 11.1 Å². The van der Waals surface area contributed by atoms with Gasteiger partial charge in [0.15, 0.2) is 0 Å². The highest BCUT2D eigenvalue weighted by Crippen LogP contribution is 2.29. The van der Waals surface area contributed by atoms with Gasteiger partial charge in [-0.25, -0.2) is 14.4 Å². The molecule has 4 aromatic rings. The van der Waals surface area contributed by atoms with Crippen molar-refractivity contribution in [3.63, 3.8) is 0 Å². The van der Waals surface area contributed by atoms with E-state index in [0.717, 1.165) is 107 Å². The minimum atomic E-state index is -0.614. The number of amides is 2. The molecule has 3 N–H and O–H groups in total. The van der Waals surface area contributed by atoms with Crippen LogP contribution in [0.2, 0.25) is 0 Å². The molecule has 4 heterocycles. The second kappa shape index (κ2) is 15.9. The molecule has 2 aliphatic heterocycles. The highest BCUT2D eigenvalue weighted by Gasteiger charge is 2.27. The number of aryl methyl sites for hydroxylation is 3. The quantitative estimate of drug-likeness (QED) is 0.191. The van der Waals surface area contributed by atoms with Crippen LogP contribution >= 0.6 is 0 Å². The maximum absolute atomic E-state index is 14.4. The van der Waals surface area contributed by atoms with E-state index in [9.17, 15) is 14.0 Å². The Kier molecular flexibility index (Phi) is 10.8. The number of carbonyl (C=O) groups is 2. The number of pyridine rings is 1. The number of nitrogens with zero attached hydrogens (tertiary/aromatic N) is 4. The molecule has 1 saturated carbocycles. The number of piperazine rings is 1. The molecule has 7 rings (SSSR count). The van der Waals surface area contributed by atoms with Gasteiger partial charge in [0.05, 0.1) is 6.20 Å². The van der Waals surface area contributed by atoms with Crippen molar-refractivity contribution in [1.82, 2.24) is 35.4 Å². The normalized spacial score (nSPS) is 19.4. The van der Waals surface area contributed by atoms with E-state index in [1.54, 1.807) is 6.07 Å². The third-order valence-corrected chi connectivity index (χ3v) is 10.1. The fraction of sp³-hybridized carbons (Fsp3) is 0.436. The van der Waals surface area contributed by atoms with Gasteiger partial charge in [0.25, 0.3) is 11.8 Å². The van der Waals surface area contributed by atoms with Gasteiger partial charge >= 0.3 is 0 Å². The molecule has 0 spiro atoms. The minimum Gasteiger partial charge on any atom is -0.438 e. The van der Waals surface area contributed by atoms with E-state index in [1.165, 1.54) is 11.6 Å². The first-order chi connectivity index (χ1) is 24.5. The molecule has 50 heavy (non-hydrogen) atoms. The Balaban J connectivity index is 0.923. The molecule has 1 saturated heterocycles. The van der Waals surface area contributed by atoms with Crippen molar-refractivity contribution in [3.05, 3.63) is 95.5 Å². The van der Waals surface area contributed by atoms with E-state index in [2.05, 4.69) is 59.7 Å². The van der Waals surface area contributed by atoms with Gasteiger partial charge in [-0.2, -0.15) is 0 Å². The molecule has 11 heteroatoms. The molecule has 10 nitrogen and oxygen atoms in total. The van der Waals surface area contributed by atoms with Gasteiger partial charge in [-0.05, 0) is 92.8 Å². The summed E-state index contributed by atoms with van der Waals surface area (Å²) in [4.78, 5) is 37.5. The Morgan fingerprint density at radius 3 is 2.42 bits per heavy atom. The summed E-state index contributed by atoms with van der Waals surface area (Å²) in [5.41, 5.74) is 3.86. The van der Waals surface area contributed by atoms with E-state index >= 15 is 0 Å². The molecule has 2 aromatic carbocycles. The number of nitrogens with one attached hydrogen (secondary N) is 3. The fourth-order valence-electron chi connectivity index (χ4n) is 7.25. The molecule has 1 aliphatic carbocycles. The van der Waals surface area contributed by atoms with Crippen LogP contribution in [0.4, 0.5) is 4.39 Å². The molecular weight excluding hydrogens is 633 g/mol. The van der Waals surface area contributed by atoms with Crippen LogP contribution in [-0.4, -0.2) is 76.1 Å².